The van der Waals surface area contributed by atoms with E-state index in [1.165, 1.54) is 35.5 Å². The Labute approximate surface area is 112 Å². The largest absolute Gasteiger partial charge is 0.273 e. The van der Waals surface area contributed by atoms with Gasteiger partial charge in [-0.25, -0.2) is 4.31 Å². The second-order valence-corrected chi connectivity index (χ2v) is 6.73. The molecule has 0 aromatic rings. The molecule has 2 amide bonds. The first kappa shape index (κ1) is 12.3. The van der Waals surface area contributed by atoms with E-state index in [1.807, 2.05) is 12.2 Å². The van der Waals surface area contributed by atoms with Crippen molar-refractivity contribution in [3.8, 4) is 0 Å². The molecule has 4 heteroatoms. The lowest BCUT2D eigenvalue weighted by atomic mass is 9.85. The van der Waals surface area contributed by atoms with Crippen molar-refractivity contribution in [2.75, 3.05) is 0 Å². The highest BCUT2D eigenvalue weighted by molar-refractivity contribution is 7.98. The Morgan fingerprint density at radius 3 is 2.06 bits per heavy atom. The van der Waals surface area contributed by atoms with Gasteiger partial charge >= 0.3 is 0 Å². The first-order valence-corrected chi connectivity index (χ1v) is 7.80. The Bertz CT molecular complexity index is 361. The maximum Gasteiger partial charge on any atom is 0.243 e. The molecule has 3 rings (SSSR count). The van der Waals surface area contributed by atoms with Gasteiger partial charge in [0.05, 0.1) is 11.8 Å². The van der Waals surface area contributed by atoms with E-state index in [2.05, 4.69) is 0 Å². The highest BCUT2D eigenvalue weighted by Crippen LogP contribution is 2.41. The minimum Gasteiger partial charge on any atom is -0.273 e. The number of rotatable bonds is 2. The van der Waals surface area contributed by atoms with Crippen molar-refractivity contribution in [3.63, 3.8) is 0 Å². The fraction of sp³-hybridized carbons (Fsp3) is 0.714. The maximum absolute atomic E-state index is 12.3. The van der Waals surface area contributed by atoms with Crippen molar-refractivity contribution >= 4 is 23.8 Å². The van der Waals surface area contributed by atoms with E-state index in [4.69, 9.17) is 0 Å². The van der Waals surface area contributed by atoms with Crippen LogP contribution in [0.25, 0.3) is 0 Å². The van der Waals surface area contributed by atoms with Crippen LogP contribution in [0.15, 0.2) is 12.2 Å². The topological polar surface area (TPSA) is 37.4 Å². The van der Waals surface area contributed by atoms with Crippen LogP contribution < -0.4 is 0 Å². The average molecular weight is 265 g/mol. The standard InChI is InChI=1S/C14H19NO2S/c16-13-11-8-4-5-9-12(11)14(17)15(13)18-10-6-2-1-3-7-10/h4-5,10-12H,1-3,6-9H2. The van der Waals surface area contributed by atoms with Crippen LogP contribution in [0.3, 0.4) is 0 Å². The molecule has 0 aromatic heterocycles. The summed E-state index contributed by atoms with van der Waals surface area (Å²) in [5.74, 6) is -0.0213. The van der Waals surface area contributed by atoms with E-state index in [-0.39, 0.29) is 23.7 Å². The minimum atomic E-state index is -0.0707. The van der Waals surface area contributed by atoms with E-state index < -0.39 is 0 Å². The molecule has 1 heterocycles. The molecule has 0 N–H and O–H groups in total. The highest BCUT2D eigenvalue weighted by atomic mass is 32.2. The SMILES string of the molecule is O=C1C2CC=CCC2C(=O)N1SC1CCCCC1. The summed E-state index contributed by atoms with van der Waals surface area (Å²) in [6.07, 6.45) is 11.7. The first-order chi connectivity index (χ1) is 8.77. The minimum absolute atomic E-state index is 0.0601. The van der Waals surface area contributed by atoms with Crippen molar-refractivity contribution < 1.29 is 9.59 Å². The van der Waals surface area contributed by atoms with Gasteiger partial charge in [-0.3, -0.25) is 9.59 Å². The van der Waals surface area contributed by atoms with Crippen LogP contribution in [0.4, 0.5) is 0 Å². The van der Waals surface area contributed by atoms with Crippen molar-refractivity contribution in [1.82, 2.24) is 4.31 Å². The summed E-state index contributed by atoms with van der Waals surface area (Å²) < 4.78 is 1.50. The summed E-state index contributed by atoms with van der Waals surface area (Å²) >= 11 is 1.52. The maximum atomic E-state index is 12.3. The Morgan fingerprint density at radius 1 is 0.944 bits per heavy atom. The van der Waals surface area contributed by atoms with Crippen molar-refractivity contribution in [2.24, 2.45) is 11.8 Å². The third-order valence-corrected chi connectivity index (χ3v) is 5.61. The van der Waals surface area contributed by atoms with Gasteiger partial charge in [-0.2, -0.15) is 0 Å². The van der Waals surface area contributed by atoms with Crippen molar-refractivity contribution in [3.05, 3.63) is 12.2 Å². The molecule has 0 spiro atoms. The molecule has 2 aliphatic carbocycles. The third-order valence-electron chi connectivity index (χ3n) is 4.27. The number of fused-ring (bicyclic) bond motifs is 1. The Kier molecular flexibility index (Phi) is 3.46. The summed E-state index contributed by atoms with van der Waals surface area (Å²) in [6, 6.07) is 0. The first-order valence-electron chi connectivity index (χ1n) is 6.97. The lowest BCUT2D eigenvalue weighted by Crippen LogP contribution is -2.27. The number of carbonyl (C=O) groups is 2. The van der Waals surface area contributed by atoms with Crippen LogP contribution in [0, 0.1) is 11.8 Å². The molecule has 18 heavy (non-hydrogen) atoms. The zero-order valence-corrected chi connectivity index (χ0v) is 11.3. The number of allylic oxidation sites excluding steroid dienone is 2. The number of carbonyl (C=O) groups excluding carboxylic acids is 2. The van der Waals surface area contributed by atoms with Gasteiger partial charge < -0.3 is 0 Å². The van der Waals surface area contributed by atoms with Crippen LogP contribution in [-0.4, -0.2) is 21.4 Å². The summed E-state index contributed by atoms with van der Waals surface area (Å²) in [5.41, 5.74) is 0. The van der Waals surface area contributed by atoms with Crippen molar-refractivity contribution in [2.45, 2.75) is 50.2 Å². The van der Waals surface area contributed by atoms with E-state index >= 15 is 0 Å². The molecule has 1 saturated heterocycles. The molecular formula is C14H19NO2S. The fourth-order valence-corrected chi connectivity index (χ4v) is 4.51. The predicted octanol–water partition coefficient (Wildman–Crippen LogP) is 2.92. The van der Waals surface area contributed by atoms with Gasteiger partial charge in [-0.15, -0.1) is 0 Å². The molecule has 1 aliphatic heterocycles. The summed E-state index contributed by atoms with van der Waals surface area (Å²) in [7, 11) is 0. The van der Waals surface area contributed by atoms with Gasteiger partial charge in [-0.1, -0.05) is 31.4 Å². The van der Waals surface area contributed by atoms with Crippen molar-refractivity contribution in [1.29, 1.82) is 0 Å². The third kappa shape index (κ3) is 2.11. The summed E-state index contributed by atoms with van der Waals surface area (Å²) in [6.45, 7) is 0. The molecule has 2 fully saturated rings. The number of hydrogen-bond acceptors (Lipinski definition) is 3. The molecule has 0 bridgehead atoms. The molecule has 0 radical (unpaired) electrons. The van der Waals surface area contributed by atoms with E-state index in [0.717, 1.165) is 25.7 Å². The van der Waals surface area contributed by atoms with Crippen LogP contribution in [0.5, 0.6) is 0 Å². The summed E-state index contributed by atoms with van der Waals surface area (Å²) in [5, 5.41) is 0.472. The quantitative estimate of drug-likeness (QED) is 0.437. The predicted molar refractivity (Wildman–Crippen MR) is 71.7 cm³/mol. The molecule has 2 atom stereocenters. The number of hydrogen-bond donors (Lipinski definition) is 0. The second-order valence-electron chi connectivity index (χ2n) is 5.49. The molecule has 98 valence electrons. The second kappa shape index (κ2) is 5.08. The average Bonchev–Trinajstić information content (AvgIpc) is 2.66. The number of imide groups is 1. The van der Waals surface area contributed by atoms with Gasteiger partial charge in [0.2, 0.25) is 11.8 Å². The van der Waals surface area contributed by atoms with Crippen LogP contribution in [0.1, 0.15) is 44.9 Å². The molecule has 3 nitrogen and oxygen atoms in total. The van der Waals surface area contributed by atoms with Crippen LogP contribution >= 0.6 is 11.9 Å². The number of nitrogens with zero attached hydrogens (tertiary/aromatic N) is 1. The summed E-state index contributed by atoms with van der Waals surface area (Å²) in [4.78, 5) is 24.5. The van der Waals surface area contributed by atoms with Gasteiger partial charge in [0, 0.05) is 5.25 Å². The van der Waals surface area contributed by atoms with Gasteiger partial charge in [0.25, 0.3) is 0 Å². The van der Waals surface area contributed by atoms with E-state index in [1.54, 1.807) is 0 Å². The Hall–Kier alpha value is -0.770. The molecule has 1 saturated carbocycles. The Morgan fingerprint density at radius 2 is 1.50 bits per heavy atom. The Balaban J connectivity index is 1.69. The normalized spacial score (nSPS) is 33.0. The molecular weight excluding hydrogens is 246 g/mol. The lowest BCUT2D eigenvalue weighted by molar-refractivity contribution is -0.133. The lowest BCUT2D eigenvalue weighted by Gasteiger charge is -2.24. The van der Waals surface area contributed by atoms with E-state index in [0.29, 0.717) is 5.25 Å². The van der Waals surface area contributed by atoms with Crippen LogP contribution in [0.2, 0.25) is 0 Å². The molecule has 0 aromatic carbocycles. The number of amides is 2. The van der Waals surface area contributed by atoms with E-state index in [9.17, 15) is 9.59 Å². The molecule has 3 aliphatic rings. The van der Waals surface area contributed by atoms with Gasteiger partial charge in [0.15, 0.2) is 0 Å². The highest BCUT2D eigenvalue weighted by Gasteiger charge is 2.48. The van der Waals surface area contributed by atoms with Gasteiger partial charge in [-0.05, 0) is 37.6 Å². The fourth-order valence-electron chi connectivity index (χ4n) is 3.19. The van der Waals surface area contributed by atoms with Gasteiger partial charge in [0.1, 0.15) is 0 Å². The molecule has 2 unspecified atom stereocenters. The zero-order chi connectivity index (χ0) is 12.5. The monoisotopic (exact) mass is 265 g/mol. The van der Waals surface area contributed by atoms with Crippen LogP contribution in [-0.2, 0) is 9.59 Å². The zero-order valence-electron chi connectivity index (χ0n) is 10.5. The smallest absolute Gasteiger partial charge is 0.243 e.